The molecule has 0 fully saturated rings. The number of hydrogen-bond donors (Lipinski definition) is 1. The fourth-order valence-electron chi connectivity index (χ4n) is 0.389. The van der Waals surface area contributed by atoms with E-state index in [0.717, 1.165) is 6.08 Å². The first-order valence-electron chi connectivity index (χ1n) is 3.35. The minimum atomic E-state index is -3.72. The second-order valence-electron chi connectivity index (χ2n) is 2.02. The molecule has 0 aromatic carbocycles. The SMILES string of the molecule is CCCOS(=O)(=O)C=CC(N)=O.[NaH]. The number of carbonyl (C=O) groups excluding carboxylic acids is 1. The molecule has 0 bridgehead atoms. The maximum absolute atomic E-state index is 10.8. The van der Waals surface area contributed by atoms with Crippen molar-refractivity contribution in [2.24, 2.45) is 5.73 Å². The van der Waals surface area contributed by atoms with E-state index >= 15 is 0 Å². The van der Waals surface area contributed by atoms with Crippen LogP contribution in [0.5, 0.6) is 0 Å². The quantitative estimate of drug-likeness (QED) is 0.367. The molecule has 2 N–H and O–H groups in total. The van der Waals surface area contributed by atoms with Crippen LogP contribution in [0.2, 0.25) is 0 Å². The Balaban J connectivity index is 0. The Bertz CT molecular complexity index is 272. The summed E-state index contributed by atoms with van der Waals surface area (Å²) in [7, 11) is -3.72. The molecular formula is C6H12NNaO4S. The molecule has 0 aliphatic rings. The first-order chi connectivity index (χ1) is 5.48. The molecule has 7 heteroatoms. The topological polar surface area (TPSA) is 86.5 Å². The predicted molar refractivity (Wildman–Crippen MR) is 50.6 cm³/mol. The van der Waals surface area contributed by atoms with Crippen molar-refractivity contribution in [3.05, 3.63) is 11.5 Å². The monoisotopic (exact) mass is 217 g/mol. The fraction of sp³-hybridized carbons (Fsp3) is 0.500. The standard InChI is InChI=1S/C6H11NO4S.Na.H/c1-2-4-11-12(9,10)5-3-6(7)8;;/h3,5H,2,4H2,1H3,(H2,7,8);;. The van der Waals surface area contributed by atoms with Gasteiger partial charge in [-0.3, -0.25) is 8.98 Å². The molecule has 0 radical (unpaired) electrons. The Labute approximate surface area is 99.7 Å². The summed E-state index contributed by atoms with van der Waals surface area (Å²) in [6.45, 7) is 1.87. The van der Waals surface area contributed by atoms with Crippen molar-refractivity contribution in [3.63, 3.8) is 0 Å². The number of primary amides is 1. The second kappa shape index (κ2) is 7.52. The van der Waals surface area contributed by atoms with Crippen molar-refractivity contribution in [2.75, 3.05) is 6.61 Å². The molecule has 13 heavy (non-hydrogen) atoms. The Morgan fingerprint density at radius 2 is 2.08 bits per heavy atom. The summed E-state index contributed by atoms with van der Waals surface area (Å²) in [5, 5.41) is 0.644. The summed E-state index contributed by atoms with van der Waals surface area (Å²) in [5.74, 6) is -0.821. The van der Waals surface area contributed by atoms with Gasteiger partial charge in [0.2, 0.25) is 5.91 Å². The van der Waals surface area contributed by atoms with Gasteiger partial charge in [-0.05, 0) is 6.42 Å². The van der Waals surface area contributed by atoms with Crippen LogP contribution in [0.15, 0.2) is 11.5 Å². The number of carbonyl (C=O) groups is 1. The van der Waals surface area contributed by atoms with E-state index in [1.807, 2.05) is 0 Å². The minimum absolute atomic E-state index is 0. The van der Waals surface area contributed by atoms with E-state index in [0.29, 0.717) is 11.8 Å². The van der Waals surface area contributed by atoms with Crippen LogP contribution in [0.4, 0.5) is 0 Å². The summed E-state index contributed by atoms with van der Waals surface area (Å²) in [4.78, 5) is 10.1. The van der Waals surface area contributed by atoms with E-state index in [-0.39, 0.29) is 36.2 Å². The van der Waals surface area contributed by atoms with Crippen molar-refractivity contribution >= 4 is 45.6 Å². The molecule has 0 spiro atoms. The van der Waals surface area contributed by atoms with Crippen LogP contribution in [0.1, 0.15) is 13.3 Å². The molecule has 0 aromatic heterocycles. The summed E-state index contributed by atoms with van der Waals surface area (Å²) in [5.41, 5.74) is 4.68. The molecule has 0 saturated carbocycles. The molecule has 0 unspecified atom stereocenters. The van der Waals surface area contributed by atoms with Gasteiger partial charge < -0.3 is 5.73 Å². The van der Waals surface area contributed by atoms with Crippen molar-refractivity contribution in [3.8, 4) is 0 Å². The average Bonchev–Trinajstić information content (AvgIpc) is 1.98. The van der Waals surface area contributed by atoms with Crippen molar-refractivity contribution < 1.29 is 17.4 Å². The van der Waals surface area contributed by atoms with Crippen LogP contribution in [0.25, 0.3) is 0 Å². The molecule has 0 atom stereocenters. The number of amides is 1. The van der Waals surface area contributed by atoms with Gasteiger partial charge >= 0.3 is 29.6 Å². The molecule has 0 aliphatic carbocycles. The van der Waals surface area contributed by atoms with Crippen LogP contribution in [0.3, 0.4) is 0 Å². The van der Waals surface area contributed by atoms with Gasteiger partial charge in [-0.2, -0.15) is 8.42 Å². The number of hydrogen-bond acceptors (Lipinski definition) is 4. The van der Waals surface area contributed by atoms with Crippen molar-refractivity contribution in [1.29, 1.82) is 0 Å². The normalized spacial score (nSPS) is 11.2. The van der Waals surface area contributed by atoms with Crippen LogP contribution < -0.4 is 5.73 Å². The molecule has 0 rings (SSSR count). The molecular weight excluding hydrogens is 205 g/mol. The molecule has 72 valence electrons. The van der Waals surface area contributed by atoms with Crippen LogP contribution in [-0.4, -0.2) is 50.5 Å². The van der Waals surface area contributed by atoms with Crippen LogP contribution >= 0.6 is 0 Å². The third-order valence-electron chi connectivity index (χ3n) is 0.851. The van der Waals surface area contributed by atoms with E-state index in [1.165, 1.54) is 0 Å². The Morgan fingerprint density at radius 3 is 2.46 bits per heavy atom. The van der Waals surface area contributed by atoms with Crippen molar-refractivity contribution in [2.45, 2.75) is 13.3 Å². The predicted octanol–water partition coefficient (Wildman–Crippen LogP) is -0.907. The number of nitrogens with two attached hydrogens (primary N) is 1. The zero-order chi connectivity index (χ0) is 9.61. The molecule has 1 amide bonds. The zero-order valence-electron chi connectivity index (χ0n) is 6.69. The summed E-state index contributed by atoms with van der Waals surface area (Å²) in [6.07, 6.45) is 1.33. The van der Waals surface area contributed by atoms with E-state index in [1.54, 1.807) is 6.92 Å². The van der Waals surface area contributed by atoms with Gasteiger partial charge in [-0.25, -0.2) is 0 Å². The Morgan fingerprint density at radius 1 is 1.54 bits per heavy atom. The third kappa shape index (κ3) is 10.0. The molecule has 0 aliphatic heterocycles. The molecule has 0 saturated heterocycles. The fourth-order valence-corrected chi connectivity index (χ4v) is 1.17. The summed E-state index contributed by atoms with van der Waals surface area (Å²) in [6, 6.07) is 0. The number of rotatable bonds is 5. The van der Waals surface area contributed by atoms with Gasteiger partial charge in [0.25, 0.3) is 10.1 Å². The van der Waals surface area contributed by atoms with Gasteiger partial charge in [-0.15, -0.1) is 0 Å². The maximum atomic E-state index is 10.8. The van der Waals surface area contributed by atoms with Gasteiger partial charge in [0.15, 0.2) is 0 Å². The first-order valence-corrected chi connectivity index (χ1v) is 4.82. The first kappa shape index (κ1) is 15.6. The van der Waals surface area contributed by atoms with E-state index in [2.05, 4.69) is 9.92 Å². The van der Waals surface area contributed by atoms with Gasteiger partial charge in [0.05, 0.1) is 12.0 Å². The van der Waals surface area contributed by atoms with E-state index in [9.17, 15) is 13.2 Å². The molecule has 0 heterocycles. The third-order valence-corrected chi connectivity index (χ3v) is 1.82. The van der Waals surface area contributed by atoms with E-state index < -0.39 is 16.0 Å². The molecule has 0 aromatic rings. The average molecular weight is 217 g/mol. The Kier molecular flexibility index (Phi) is 9.01. The summed E-state index contributed by atoms with van der Waals surface area (Å²) < 4.78 is 26.0. The van der Waals surface area contributed by atoms with Gasteiger partial charge in [0.1, 0.15) is 0 Å². The molecule has 5 nitrogen and oxygen atoms in total. The second-order valence-corrected chi connectivity index (χ2v) is 3.51. The van der Waals surface area contributed by atoms with Gasteiger partial charge in [0, 0.05) is 6.08 Å². The zero-order valence-corrected chi connectivity index (χ0v) is 7.50. The van der Waals surface area contributed by atoms with Crippen molar-refractivity contribution in [1.82, 2.24) is 0 Å². The Hall–Kier alpha value is 0.120. The van der Waals surface area contributed by atoms with E-state index in [4.69, 9.17) is 0 Å². The van der Waals surface area contributed by atoms with Gasteiger partial charge in [-0.1, -0.05) is 6.92 Å². The summed E-state index contributed by atoms with van der Waals surface area (Å²) >= 11 is 0. The van der Waals surface area contributed by atoms with Crippen LogP contribution in [0, 0.1) is 0 Å². The van der Waals surface area contributed by atoms with Crippen LogP contribution in [-0.2, 0) is 19.1 Å².